The number of thiazole rings is 1. The van der Waals surface area contributed by atoms with Gasteiger partial charge in [-0.15, -0.1) is 0 Å². The lowest BCUT2D eigenvalue weighted by molar-refractivity contribution is 0.343. The number of sulfonamides is 1. The lowest BCUT2D eigenvalue weighted by Gasteiger charge is -2.33. The third-order valence-electron chi connectivity index (χ3n) is 4.63. The number of para-hydroxylation sites is 1. The van der Waals surface area contributed by atoms with Gasteiger partial charge in [-0.2, -0.15) is 4.31 Å². The van der Waals surface area contributed by atoms with E-state index in [-0.39, 0.29) is 4.90 Å². The quantitative estimate of drug-likeness (QED) is 0.632. The lowest BCUT2D eigenvalue weighted by Crippen LogP contribution is -2.48. The minimum absolute atomic E-state index is 0.115. The van der Waals surface area contributed by atoms with Gasteiger partial charge in [0.25, 0.3) is 0 Å². The van der Waals surface area contributed by atoms with E-state index in [0.29, 0.717) is 32.8 Å². The minimum atomic E-state index is -3.62. The number of anilines is 1. The molecule has 3 aromatic rings. The van der Waals surface area contributed by atoms with E-state index in [9.17, 15) is 12.8 Å². The number of piperazine rings is 1. The van der Waals surface area contributed by atoms with Crippen molar-refractivity contribution in [1.29, 1.82) is 0 Å². The molecule has 1 aromatic heterocycles. The Bertz CT molecular complexity index is 1080. The zero-order valence-corrected chi connectivity index (χ0v) is 17.0. The molecule has 0 N–H and O–H groups in total. The zero-order valence-electron chi connectivity index (χ0n) is 15.3. The summed E-state index contributed by atoms with van der Waals surface area (Å²) >= 11 is 1.58. The van der Waals surface area contributed by atoms with Crippen LogP contribution in [0.4, 0.5) is 9.52 Å². The van der Waals surface area contributed by atoms with Crippen LogP contribution in [-0.4, -0.2) is 50.5 Å². The second-order valence-electron chi connectivity index (χ2n) is 6.38. The van der Waals surface area contributed by atoms with Gasteiger partial charge in [0.2, 0.25) is 10.0 Å². The van der Waals surface area contributed by atoms with Gasteiger partial charge >= 0.3 is 0 Å². The Hall–Kier alpha value is -2.23. The summed E-state index contributed by atoms with van der Waals surface area (Å²) < 4.78 is 46.7. The predicted molar refractivity (Wildman–Crippen MR) is 108 cm³/mol. The van der Waals surface area contributed by atoms with Gasteiger partial charge in [0.15, 0.2) is 5.13 Å². The van der Waals surface area contributed by atoms with Crippen LogP contribution < -0.4 is 9.64 Å². The highest BCUT2D eigenvalue weighted by Crippen LogP contribution is 2.34. The largest absolute Gasteiger partial charge is 0.492 e. The number of hydrogen-bond donors (Lipinski definition) is 0. The Morgan fingerprint density at radius 1 is 1.11 bits per heavy atom. The van der Waals surface area contributed by atoms with Gasteiger partial charge in [-0.3, -0.25) is 0 Å². The molecule has 1 fully saturated rings. The fourth-order valence-corrected chi connectivity index (χ4v) is 5.65. The van der Waals surface area contributed by atoms with Crippen molar-refractivity contribution in [3.8, 4) is 5.75 Å². The van der Waals surface area contributed by atoms with E-state index >= 15 is 0 Å². The fourth-order valence-electron chi connectivity index (χ4n) is 3.19. The number of hydrogen-bond acceptors (Lipinski definition) is 6. The van der Waals surface area contributed by atoms with Gasteiger partial charge in [-0.25, -0.2) is 17.8 Å². The number of halogens is 1. The van der Waals surface area contributed by atoms with Crippen LogP contribution in [0, 0.1) is 5.82 Å². The number of ether oxygens (including phenoxy) is 1. The highest BCUT2D eigenvalue weighted by atomic mass is 32.2. The second-order valence-corrected chi connectivity index (χ2v) is 9.32. The molecule has 0 spiro atoms. The molecule has 148 valence electrons. The number of fused-ring (bicyclic) bond motifs is 1. The van der Waals surface area contributed by atoms with Crippen molar-refractivity contribution < 1.29 is 17.5 Å². The van der Waals surface area contributed by atoms with Gasteiger partial charge in [0.05, 0.1) is 16.2 Å². The summed E-state index contributed by atoms with van der Waals surface area (Å²) in [5, 5.41) is 0.862. The highest BCUT2D eigenvalue weighted by Gasteiger charge is 2.29. The Balaban J connectivity index is 1.50. The molecule has 4 rings (SSSR count). The normalized spacial score (nSPS) is 15.9. The van der Waals surface area contributed by atoms with Crippen LogP contribution in [-0.2, 0) is 10.0 Å². The summed E-state index contributed by atoms with van der Waals surface area (Å²) in [7, 11) is -3.62. The van der Waals surface area contributed by atoms with Crippen molar-refractivity contribution in [1.82, 2.24) is 9.29 Å². The topological polar surface area (TPSA) is 62.7 Å². The summed E-state index contributed by atoms with van der Waals surface area (Å²) in [6, 6.07) is 10.8. The molecule has 1 aliphatic heterocycles. The minimum Gasteiger partial charge on any atom is -0.492 e. The maximum atomic E-state index is 13.1. The molecule has 0 saturated carbocycles. The second kappa shape index (κ2) is 7.65. The first-order chi connectivity index (χ1) is 13.5. The summed E-state index contributed by atoms with van der Waals surface area (Å²) in [6.45, 7) is 4.31. The number of benzene rings is 2. The first kappa shape index (κ1) is 19.1. The Morgan fingerprint density at radius 2 is 1.82 bits per heavy atom. The predicted octanol–water partition coefficient (Wildman–Crippen LogP) is 3.35. The molecular weight excluding hydrogens is 401 g/mol. The van der Waals surface area contributed by atoms with Crippen LogP contribution in [0.1, 0.15) is 6.92 Å². The summed E-state index contributed by atoms with van der Waals surface area (Å²) in [5.74, 6) is 0.311. The summed E-state index contributed by atoms with van der Waals surface area (Å²) in [4.78, 5) is 6.93. The Morgan fingerprint density at radius 3 is 2.50 bits per heavy atom. The van der Waals surface area contributed by atoms with Crippen molar-refractivity contribution in [3.05, 3.63) is 48.3 Å². The molecule has 2 heterocycles. The van der Waals surface area contributed by atoms with Crippen LogP contribution in [0.3, 0.4) is 0 Å². The number of nitrogens with zero attached hydrogens (tertiary/aromatic N) is 3. The molecule has 1 aliphatic rings. The molecule has 6 nitrogen and oxygen atoms in total. The Labute approximate surface area is 167 Å². The van der Waals surface area contributed by atoms with Crippen molar-refractivity contribution in [2.45, 2.75) is 11.8 Å². The van der Waals surface area contributed by atoms with Gasteiger partial charge in [0, 0.05) is 26.2 Å². The lowest BCUT2D eigenvalue weighted by atomic mass is 10.3. The summed E-state index contributed by atoms with van der Waals surface area (Å²) in [5.41, 5.74) is 0.839. The van der Waals surface area contributed by atoms with E-state index in [0.717, 1.165) is 21.1 Å². The van der Waals surface area contributed by atoms with E-state index < -0.39 is 15.8 Å². The average Bonchev–Trinajstić information content (AvgIpc) is 3.14. The molecule has 0 atom stereocenters. The van der Waals surface area contributed by atoms with Gasteiger partial charge in [0.1, 0.15) is 17.1 Å². The molecule has 0 amide bonds. The van der Waals surface area contributed by atoms with E-state index in [1.54, 1.807) is 11.3 Å². The van der Waals surface area contributed by atoms with Crippen LogP contribution >= 0.6 is 11.3 Å². The summed E-state index contributed by atoms with van der Waals surface area (Å²) in [6.07, 6.45) is 0. The van der Waals surface area contributed by atoms with Crippen molar-refractivity contribution in [2.75, 3.05) is 37.7 Å². The molecule has 1 saturated heterocycles. The number of rotatable bonds is 5. The average molecular weight is 422 g/mol. The SMILES string of the molecule is CCOc1cccc2sc(N3CCN(S(=O)(=O)c4ccc(F)cc4)CC3)nc12. The third kappa shape index (κ3) is 3.57. The first-order valence-corrected chi connectivity index (χ1v) is 11.3. The van der Waals surface area contributed by atoms with Crippen molar-refractivity contribution >= 4 is 36.7 Å². The molecular formula is C19H20FN3O3S2. The van der Waals surface area contributed by atoms with Crippen LogP contribution in [0.15, 0.2) is 47.4 Å². The van der Waals surface area contributed by atoms with Gasteiger partial charge in [-0.1, -0.05) is 17.4 Å². The monoisotopic (exact) mass is 421 g/mol. The van der Waals surface area contributed by atoms with Crippen molar-refractivity contribution in [2.24, 2.45) is 0 Å². The van der Waals surface area contributed by atoms with E-state index in [4.69, 9.17) is 9.72 Å². The molecule has 0 bridgehead atoms. The Kier molecular flexibility index (Phi) is 5.22. The van der Waals surface area contributed by atoms with Crippen molar-refractivity contribution in [3.63, 3.8) is 0 Å². The highest BCUT2D eigenvalue weighted by molar-refractivity contribution is 7.89. The smallest absolute Gasteiger partial charge is 0.243 e. The van der Waals surface area contributed by atoms with Crippen LogP contribution in [0.25, 0.3) is 10.2 Å². The molecule has 0 radical (unpaired) electrons. The molecule has 28 heavy (non-hydrogen) atoms. The van der Waals surface area contributed by atoms with E-state index in [1.807, 2.05) is 25.1 Å². The third-order valence-corrected chi connectivity index (χ3v) is 7.63. The van der Waals surface area contributed by atoms with E-state index in [1.165, 1.54) is 28.6 Å². The molecule has 0 unspecified atom stereocenters. The maximum Gasteiger partial charge on any atom is 0.243 e. The van der Waals surface area contributed by atoms with Crippen LogP contribution in [0.2, 0.25) is 0 Å². The van der Waals surface area contributed by atoms with E-state index in [2.05, 4.69) is 4.90 Å². The molecule has 9 heteroatoms. The molecule has 0 aliphatic carbocycles. The van der Waals surface area contributed by atoms with Crippen LogP contribution in [0.5, 0.6) is 5.75 Å². The zero-order chi connectivity index (χ0) is 19.7. The molecule has 2 aromatic carbocycles. The fraction of sp³-hybridized carbons (Fsp3) is 0.316. The van der Waals surface area contributed by atoms with Gasteiger partial charge < -0.3 is 9.64 Å². The standard InChI is InChI=1S/C19H20FN3O3S2/c1-2-26-16-4-3-5-17-18(16)21-19(27-17)22-10-12-23(13-11-22)28(24,25)15-8-6-14(20)7-9-15/h3-9H,2,10-13H2,1H3. The maximum absolute atomic E-state index is 13.1. The number of aromatic nitrogens is 1. The first-order valence-electron chi connectivity index (χ1n) is 9.02. The van der Waals surface area contributed by atoms with Gasteiger partial charge in [-0.05, 0) is 43.3 Å².